The van der Waals surface area contributed by atoms with Crippen LogP contribution in [0.1, 0.15) is 27.4 Å². The number of amides is 1. The number of hydrogen-bond donors (Lipinski definition) is 0. The highest BCUT2D eigenvalue weighted by atomic mass is 32.2. The summed E-state index contributed by atoms with van der Waals surface area (Å²) in [6, 6.07) is 9.76. The summed E-state index contributed by atoms with van der Waals surface area (Å²) in [7, 11) is -3.17. The van der Waals surface area contributed by atoms with E-state index < -0.39 is 21.8 Å². The van der Waals surface area contributed by atoms with Gasteiger partial charge in [0, 0.05) is 17.0 Å². The van der Waals surface area contributed by atoms with Crippen molar-refractivity contribution in [3.63, 3.8) is 0 Å². The molecule has 1 fully saturated rings. The number of benzene rings is 1. The van der Waals surface area contributed by atoms with Crippen LogP contribution in [-0.4, -0.2) is 36.8 Å². The van der Waals surface area contributed by atoms with Gasteiger partial charge in [-0.25, -0.2) is 8.42 Å². The molecule has 0 bridgehead atoms. The molecule has 1 amide bonds. The van der Waals surface area contributed by atoms with E-state index in [4.69, 9.17) is 4.42 Å². The summed E-state index contributed by atoms with van der Waals surface area (Å²) in [5, 5.41) is 2.32. The Hall–Kier alpha value is -2.45. The van der Waals surface area contributed by atoms with Crippen LogP contribution in [-0.2, 0) is 16.4 Å². The molecule has 3 aromatic rings. The second-order valence-corrected chi connectivity index (χ2v) is 10.3. The molecule has 0 radical (unpaired) electrons. The lowest BCUT2D eigenvalue weighted by Gasteiger charge is -2.27. The van der Waals surface area contributed by atoms with Gasteiger partial charge in [0.2, 0.25) is 0 Å². The maximum Gasteiger partial charge on any atom is 0.290 e. The molecule has 8 heteroatoms. The van der Waals surface area contributed by atoms with Gasteiger partial charge in [0.05, 0.1) is 23.4 Å². The van der Waals surface area contributed by atoms with Crippen molar-refractivity contribution in [1.82, 2.24) is 4.90 Å². The summed E-state index contributed by atoms with van der Waals surface area (Å²) in [5.41, 5.74) is 0.975. The zero-order chi connectivity index (χ0) is 19.9. The Morgan fingerprint density at radius 2 is 2.11 bits per heavy atom. The van der Waals surface area contributed by atoms with Crippen molar-refractivity contribution in [2.24, 2.45) is 0 Å². The van der Waals surface area contributed by atoms with Gasteiger partial charge in [0.1, 0.15) is 5.58 Å². The lowest BCUT2D eigenvalue weighted by molar-refractivity contribution is 0.0651. The van der Waals surface area contributed by atoms with Gasteiger partial charge in [-0.05, 0) is 42.5 Å². The van der Waals surface area contributed by atoms with E-state index in [0.717, 1.165) is 10.4 Å². The van der Waals surface area contributed by atoms with Gasteiger partial charge in [-0.3, -0.25) is 9.59 Å². The highest BCUT2D eigenvalue weighted by molar-refractivity contribution is 7.91. The highest BCUT2D eigenvalue weighted by Crippen LogP contribution is 2.24. The smallest absolute Gasteiger partial charge is 0.290 e. The summed E-state index contributed by atoms with van der Waals surface area (Å²) in [4.78, 5) is 28.2. The molecule has 0 spiro atoms. The minimum absolute atomic E-state index is 0.0623. The second kappa shape index (κ2) is 7.18. The van der Waals surface area contributed by atoms with Crippen molar-refractivity contribution in [1.29, 1.82) is 0 Å². The first kappa shape index (κ1) is 18.9. The van der Waals surface area contributed by atoms with Gasteiger partial charge in [-0.2, -0.15) is 0 Å². The molecule has 0 N–H and O–H groups in total. The fourth-order valence-electron chi connectivity index (χ4n) is 3.47. The van der Waals surface area contributed by atoms with Crippen LogP contribution in [0.3, 0.4) is 0 Å². The quantitative estimate of drug-likeness (QED) is 0.652. The maximum atomic E-state index is 13.3. The molecule has 1 aliphatic rings. The molecule has 1 aromatic carbocycles. The topological polar surface area (TPSA) is 84.7 Å². The second-order valence-electron chi connectivity index (χ2n) is 7.04. The molecule has 1 saturated heterocycles. The molecular formula is C20H19NO5S2. The zero-order valence-electron chi connectivity index (χ0n) is 15.3. The number of nitrogens with zero attached hydrogens (tertiary/aromatic N) is 1. The number of sulfone groups is 1. The fourth-order valence-corrected chi connectivity index (χ4v) is 5.90. The molecule has 0 unspecified atom stereocenters. The molecule has 2 aromatic heterocycles. The standard InChI is InChI=1S/C20H19NO5S2/c1-13-4-5-16-17(22)10-19(26-18(16)9-13)20(23)21(11-15-3-2-7-27-15)14-6-8-28(24,25)12-14/h2-5,7,9-10,14H,6,8,11-12H2,1H3/t14-/m0/s1. The first-order chi connectivity index (χ1) is 13.3. The van der Waals surface area contributed by atoms with Crippen molar-refractivity contribution in [3.8, 4) is 0 Å². The van der Waals surface area contributed by atoms with Gasteiger partial charge in [0.25, 0.3) is 5.91 Å². The predicted octanol–water partition coefficient (Wildman–Crippen LogP) is 2.99. The van der Waals surface area contributed by atoms with Crippen molar-refractivity contribution in [2.45, 2.75) is 25.9 Å². The summed E-state index contributed by atoms with van der Waals surface area (Å²) in [6.07, 6.45) is 0.385. The first-order valence-corrected chi connectivity index (χ1v) is 11.6. The number of carbonyl (C=O) groups is 1. The van der Waals surface area contributed by atoms with Crippen molar-refractivity contribution in [2.75, 3.05) is 11.5 Å². The molecule has 28 heavy (non-hydrogen) atoms. The molecule has 6 nitrogen and oxygen atoms in total. The van der Waals surface area contributed by atoms with Crippen molar-refractivity contribution >= 4 is 38.1 Å². The molecule has 1 atom stereocenters. The number of carbonyl (C=O) groups excluding carboxylic acids is 1. The third-order valence-corrected chi connectivity index (χ3v) is 7.52. The van der Waals surface area contributed by atoms with Gasteiger partial charge >= 0.3 is 0 Å². The monoisotopic (exact) mass is 417 g/mol. The Kier molecular flexibility index (Phi) is 4.84. The number of fused-ring (bicyclic) bond motifs is 1. The summed E-state index contributed by atoms with van der Waals surface area (Å²) in [6.45, 7) is 2.16. The third kappa shape index (κ3) is 3.74. The molecule has 146 valence electrons. The summed E-state index contributed by atoms with van der Waals surface area (Å²) >= 11 is 1.49. The zero-order valence-corrected chi connectivity index (χ0v) is 16.9. The normalized spacial score (nSPS) is 18.4. The molecular weight excluding hydrogens is 398 g/mol. The number of thiophene rings is 1. The highest BCUT2D eigenvalue weighted by Gasteiger charge is 2.36. The van der Waals surface area contributed by atoms with Crippen LogP contribution < -0.4 is 5.43 Å². The molecule has 0 saturated carbocycles. The van der Waals surface area contributed by atoms with Crippen LogP contribution in [0.25, 0.3) is 11.0 Å². The lowest BCUT2D eigenvalue weighted by Crippen LogP contribution is -2.40. The van der Waals surface area contributed by atoms with Gasteiger partial charge in [-0.1, -0.05) is 12.1 Å². The minimum Gasteiger partial charge on any atom is -0.451 e. The van der Waals surface area contributed by atoms with Crippen LogP contribution in [0.2, 0.25) is 0 Å². The van der Waals surface area contributed by atoms with E-state index in [1.807, 2.05) is 30.5 Å². The van der Waals surface area contributed by atoms with Crippen LogP contribution in [0.4, 0.5) is 0 Å². The van der Waals surface area contributed by atoms with E-state index >= 15 is 0 Å². The van der Waals surface area contributed by atoms with E-state index in [1.54, 1.807) is 12.1 Å². The third-order valence-electron chi connectivity index (χ3n) is 4.91. The van der Waals surface area contributed by atoms with Crippen LogP contribution in [0.15, 0.2) is 51.0 Å². The molecule has 0 aliphatic carbocycles. The predicted molar refractivity (Wildman–Crippen MR) is 108 cm³/mol. The average Bonchev–Trinajstić information content (AvgIpc) is 3.27. The Morgan fingerprint density at radius 3 is 2.79 bits per heavy atom. The Labute approximate surface area is 166 Å². The fraction of sp³-hybridized carbons (Fsp3) is 0.300. The van der Waals surface area contributed by atoms with Crippen molar-refractivity contribution in [3.05, 3.63) is 68.2 Å². The first-order valence-electron chi connectivity index (χ1n) is 8.91. The van der Waals surface area contributed by atoms with E-state index in [-0.39, 0.29) is 29.2 Å². The number of hydrogen-bond acceptors (Lipinski definition) is 6. The SMILES string of the molecule is Cc1ccc2c(=O)cc(C(=O)N(Cc3cccs3)[C@H]3CCS(=O)(=O)C3)oc2c1. The molecule has 4 rings (SSSR count). The molecule has 1 aliphatic heterocycles. The maximum absolute atomic E-state index is 13.3. The van der Waals surface area contributed by atoms with E-state index in [1.165, 1.54) is 22.3 Å². The number of aryl methyl sites for hydroxylation is 1. The van der Waals surface area contributed by atoms with Gasteiger partial charge in [0.15, 0.2) is 21.0 Å². The van der Waals surface area contributed by atoms with Gasteiger partial charge in [-0.15, -0.1) is 11.3 Å². The van der Waals surface area contributed by atoms with E-state index in [0.29, 0.717) is 17.4 Å². The lowest BCUT2D eigenvalue weighted by atomic mass is 10.1. The van der Waals surface area contributed by atoms with Gasteiger partial charge < -0.3 is 9.32 Å². The van der Waals surface area contributed by atoms with Crippen LogP contribution in [0, 0.1) is 6.92 Å². The summed E-state index contributed by atoms with van der Waals surface area (Å²) in [5.74, 6) is -0.534. The Morgan fingerprint density at radius 1 is 1.29 bits per heavy atom. The average molecular weight is 418 g/mol. The Bertz CT molecular complexity index is 1200. The molecule has 3 heterocycles. The van der Waals surface area contributed by atoms with E-state index in [2.05, 4.69) is 0 Å². The largest absolute Gasteiger partial charge is 0.451 e. The van der Waals surface area contributed by atoms with Crippen LogP contribution in [0.5, 0.6) is 0 Å². The van der Waals surface area contributed by atoms with Crippen LogP contribution >= 0.6 is 11.3 Å². The van der Waals surface area contributed by atoms with E-state index in [9.17, 15) is 18.0 Å². The minimum atomic E-state index is -3.17. The Balaban J connectivity index is 1.74. The van der Waals surface area contributed by atoms with Crippen molar-refractivity contribution < 1.29 is 17.6 Å². The number of rotatable bonds is 4. The summed E-state index contributed by atoms with van der Waals surface area (Å²) < 4.78 is 29.7.